The summed E-state index contributed by atoms with van der Waals surface area (Å²) in [7, 11) is -3.11. The van der Waals surface area contributed by atoms with Crippen molar-refractivity contribution in [3.05, 3.63) is 53.3 Å². The molecule has 1 aromatic carbocycles. The van der Waals surface area contributed by atoms with Gasteiger partial charge in [0.1, 0.15) is 0 Å². The van der Waals surface area contributed by atoms with Gasteiger partial charge in [0.2, 0.25) is 0 Å². The predicted molar refractivity (Wildman–Crippen MR) is 115 cm³/mol. The van der Waals surface area contributed by atoms with Crippen LogP contribution in [-0.2, 0) is 19.4 Å². The quantitative estimate of drug-likeness (QED) is 0.655. The van der Waals surface area contributed by atoms with E-state index in [1.165, 1.54) is 11.8 Å². The highest BCUT2D eigenvalue weighted by atomic mass is 32.2. The summed E-state index contributed by atoms with van der Waals surface area (Å²) in [6, 6.07) is 10.7. The fourth-order valence-corrected chi connectivity index (χ4v) is 5.68. The molecule has 30 heavy (non-hydrogen) atoms. The van der Waals surface area contributed by atoms with E-state index in [2.05, 4.69) is 4.57 Å². The van der Waals surface area contributed by atoms with E-state index >= 15 is 0 Å². The van der Waals surface area contributed by atoms with Crippen LogP contribution < -0.4 is 0 Å². The Balaban J connectivity index is 1.67. The summed E-state index contributed by atoms with van der Waals surface area (Å²) < 4.78 is 31.0. The number of nitrogens with zero attached hydrogens (tertiary/aromatic N) is 2. The molecule has 2 unspecified atom stereocenters. The lowest BCUT2D eigenvalue weighted by molar-refractivity contribution is -0.141. The largest absolute Gasteiger partial charge is 0.449 e. The zero-order valence-corrected chi connectivity index (χ0v) is 18.6. The number of ether oxygens (including phenoxy) is 1. The molecule has 8 heteroatoms. The average Bonchev–Trinajstić information content (AvgIpc) is 3.23. The Kier molecular flexibility index (Phi) is 6.36. The lowest BCUT2D eigenvalue weighted by Gasteiger charge is -2.29. The van der Waals surface area contributed by atoms with Gasteiger partial charge in [0, 0.05) is 29.7 Å². The van der Waals surface area contributed by atoms with Gasteiger partial charge in [0.25, 0.3) is 5.91 Å². The third kappa shape index (κ3) is 4.59. The monoisotopic (exact) mass is 432 g/mol. The minimum Gasteiger partial charge on any atom is -0.449 e. The topological polar surface area (TPSA) is 85.7 Å². The van der Waals surface area contributed by atoms with Crippen LogP contribution in [0.4, 0.5) is 0 Å². The first-order valence-electron chi connectivity index (χ1n) is 10.1. The summed E-state index contributed by atoms with van der Waals surface area (Å²) in [5.41, 5.74) is 3.48. The summed E-state index contributed by atoms with van der Waals surface area (Å²) in [6.45, 7) is 7.70. The van der Waals surface area contributed by atoms with Crippen molar-refractivity contribution in [2.75, 3.05) is 18.1 Å². The first kappa shape index (κ1) is 22.1. The molecular weight excluding hydrogens is 404 g/mol. The van der Waals surface area contributed by atoms with Crippen LogP contribution in [0.25, 0.3) is 5.69 Å². The van der Waals surface area contributed by atoms with Gasteiger partial charge in [-0.3, -0.25) is 4.79 Å². The molecule has 3 rings (SSSR count). The number of rotatable bonds is 6. The summed E-state index contributed by atoms with van der Waals surface area (Å²) in [6.07, 6.45) is -0.572. The van der Waals surface area contributed by atoms with Gasteiger partial charge in [-0.2, -0.15) is 0 Å². The van der Waals surface area contributed by atoms with E-state index in [1.807, 2.05) is 38.1 Å². The fraction of sp³-hybridized carbons (Fsp3) is 0.455. The molecule has 0 N–H and O–H groups in total. The number of carbonyl (C=O) groups is 2. The van der Waals surface area contributed by atoms with Crippen LogP contribution in [0.15, 0.2) is 36.4 Å². The summed E-state index contributed by atoms with van der Waals surface area (Å²) in [5, 5.41) is 0. The fourth-order valence-electron chi connectivity index (χ4n) is 3.95. The number of carbonyl (C=O) groups excluding carboxylic acids is 2. The van der Waals surface area contributed by atoms with E-state index < -0.39 is 21.9 Å². The van der Waals surface area contributed by atoms with E-state index in [1.54, 1.807) is 19.1 Å². The zero-order valence-electron chi connectivity index (χ0n) is 17.8. The molecule has 1 aliphatic rings. The molecule has 7 nitrogen and oxygen atoms in total. The first-order valence-corrected chi connectivity index (χ1v) is 11.9. The Bertz CT molecular complexity index is 1020. The second-order valence-corrected chi connectivity index (χ2v) is 9.96. The minimum absolute atomic E-state index is 0.0348. The molecule has 0 aliphatic carbocycles. The van der Waals surface area contributed by atoms with Crippen LogP contribution in [0, 0.1) is 13.8 Å². The Morgan fingerprint density at radius 3 is 2.23 bits per heavy atom. The number of amides is 1. The maximum absolute atomic E-state index is 12.8. The molecule has 0 bridgehead atoms. The second kappa shape index (κ2) is 8.63. The van der Waals surface area contributed by atoms with Crippen molar-refractivity contribution < 1.29 is 22.7 Å². The highest BCUT2D eigenvalue weighted by Gasteiger charge is 2.36. The molecule has 1 saturated heterocycles. The molecular formula is C22H28N2O5S. The molecule has 1 aliphatic heterocycles. The van der Waals surface area contributed by atoms with Crippen molar-refractivity contribution in [3.63, 3.8) is 0 Å². The van der Waals surface area contributed by atoms with Crippen molar-refractivity contribution in [1.29, 1.82) is 0 Å². The lowest BCUT2D eigenvalue weighted by Crippen LogP contribution is -2.46. The van der Waals surface area contributed by atoms with E-state index in [0.29, 0.717) is 18.5 Å². The van der Waals surface area contributed by atoms with Gasteiger partial charge in [0.15, 0.2) is 15.9 Å². The van der Waals surface area contributed by atoms with E-state index in [4.69, 9.17) is 4.74 Å². The van der Waals surface area contributed by atoms with Gasteiger partial charge >= 0.3 is 5.97 Å². The molecule has 1 amide bonds. The number of aryl methyl sites for hydroxylation is 2. The third-order valence-electron chi connectivity index (χ3n) is 5.54. The molecule has 2 aromatic rings. The smallest absolute Gasteiger partial charge is 0.338 e. The highest BCUT2D eigenvalue weighted by molar-refractivity contribution is 7.91. The van der Waals surface area contributed by atoms with E-state index in [0.717, 1.165) is 17.1 Å². The lowest BCUT2D eigenvalue weighted by atomic mass is 10.2. The van der Waals surface area contributed by atoms with Crippen LogP contribution >= 0.6 is 0 Å². The molecule has 162 valence electrons. The third-order valence-corrected chi connectivity index (χ3v) is 7.29. The van der Waals surface area contributed by atoms with Crippen LogP contribution in [0.3, 0.4) is 0 Å². The van der Waals surface area contributed by atoms with Gasteiger partial charge in [-0.15, -0.1) is 0 Å². The van der Waals surface area contributed by atoms with E-state index in [9.17, 15) is 18.0 Å². The maximum Gasteiger partial charge on any atom is 0.338 e. The molecule has 2 atom stereocenters. The molecule has 2 heterocycles. The van der Waals surface area contributed by atoms with Crippen LogP contribution in [-0.4, -0.2) is 60.0 Å². The summed E-state index contributed by atoms with van der Waals surface area (Å²) in [4.78, 5) is 26.8. The Morgan fingerprint density at radius 2 is 1.73 bits per heavy atom. The number of aromatic nitrogens is 1. The van der Waals surface area contributed by atoms with Crippen molar-refractivity contribution >= 4 is 21.7 Å². The van der Waals surface area contributed by atoms with Gasteiger partial charge in [-0.1, -0.05) is 0 Å². The second-order valence-electron chi connectivity index (χ2n) is 7.73. The Morgan fingerprint density at radius 1 is 1.13 bits per heavy atom. The SMILES string of the molecule is CCN(C(=O)C(C)OC(=O)c1ccc(-n2c(C)ccc2C)cc1)C1CCS(=O)(=O)C1. The van der Waals surface area contributed by atoms with Crippen molar-refractivity contribution in [2.45, 2.75) is 46.3 Å². The number of esters is 1. The zero-order chi connectivity index (χ0) is 22.1. The Hall–Kier alpha value is -2.61. The summed E-state index contributed by atoms with van der Waals surface area (Å²) >= 11 is 0. The van der Waals surface area contributed by atoms with Crippen molar-refractivity contribution in [2.24, 2.45) is 0 Å². The van der Waals surface area contributed by atoms with Crippen LogP contribution in [0.1, 0.15) is 42.0 Å². The standard InChI is InChI=1S/C22H28N2O5S/c1-5-23(20-12-13-30(27,28)14-20)21(25)17(4)29-22(26)18-8-10-19(11-9-18)24-15(2)6-7-16(24)3/h6-11,17,20H,5,12-14H2,1-4H3. The first-order chi connectivity index (χ1) is 14.1. The number of hydrogen-bond acceptors (Lipinski definition) is 5. The van der Waals surface area contributed by atoms with Crippen LogP contribution in [0.2, 0.25) is 0 Å². The van der Waals surface area contributed by atoms with Gasteiger partial charge in [0.05, 0.1) is 17.1 Å². The number of sulfone groups is 1. The molecule has 0 saturated carbocycles. The van der Waals surface area contributed by atoms with Crippen LogP contribution in [0.5, 0.6) is 0 Å². The highest BCUT2D eigenvalue weighted by Crippen LogP contribution is 2.20. The van der Waals surface area contributed by atoms with Crippen molar-refractivity contribution in [3.8, 4) is 5.69 Å². The maximum atomic E-state index is 12.8. The van der Waals surface area contributed by atoms with Crippen molar-refractivity contribution in [1.82, 2.24) is 9.47 Å². The average molecular weight is 433 g/mol. The van der Waals surface area contributed by atoms with Gasteiger partial charge < -0.3 is 14.2 Å². The molecule has 0 radical (unpaired) electrons. The predicted octanol–water partition coefficient (Wildman–Crippen LogP) is 2.68. The summed E-state index contributed by atoms with van der Waals surface area (Å²) in [5.74, 6) is -0.906. The molecule has 1 fully saturated rings. The number of hydrogen-bond donors (Lipinski definition) is 0. The molecule has 0 spiro atoms. The minimum atomic E-state index is -3.11. The normalized spacial score (nSPS) is 18.7. The van der Waals surface area contributed by atoms with E-state index in [-0.39, 0.29) is 23.5 Å². The number of likely N-dealkylation sites (N-methyl/N-ethyl adjacent to an activating group) is 1. The number of benzene rings is 1. The van der Waals surface area contributed by atoms with Gasteiger partial charge in [-0.25, -0.2) is 13.2 Å². The Labute approximate surface area is 177 Å². The molecule has 1 aromatic heterocycles. The van der Waals surface area contributed by atoms with Gasteiger partial charge in [-0.05, 0) is 70.5 Å².